The van der Waals surface area contributed by atoms with Gasteiger partial charge in [-0.25, -0.2) is 8.78 Å². The normalized spacial score (nSPS) is 16.7. The van der Waals surface area contributed by atoms with Crippen molar-refractivity contribution in [3.8, 4) is 0 Å². The maximum atomic E-state index is 13.4. The van der Waals surface area contributed by atoms with Crippen LogP contribution in [0.3, 0.4) is 0 Å². The van der Waals surface area contributed by atoms with Gasteiger partial charge in [0.05, 0.1) is 5.69 Å². The summed E-state index contributed by atoms with van der Waals surface area (Å²) in [5, 5.41) is 2.72. The van der Waals surface area contributed by atoms with E-state index in [1.54, 1.807) is 11.8 Å². The second kappa shape index (κ2) is 5.33. The van der Waals surface area contributed by atoms with Crippen molar-refractivity contribution in [1.82, 2.24) is 4.90 Å². The number of halogens is 2. The van der Waals surface area contributed by atoms with Gasteiger partial charge in [0.1, 0.15) is 17.7 Å². The van der Waals surface area contributed by atoms with Crippen molar-refractivity contribution in [2.75, 3.05) is 18.4 Å². The number of carbonyl (C=O) groups excluding carboxylic acids is 1. The first-order valence-electron chi connectivity index (χ1n) is 6.08. The highest BCUT2D eigenvalue weighted by molar-refractivity contribution is 5.84. The van der Waals surface area contributed by atoms with Gasteiger partial charge in [0.15, 0.2) is 0 Å². The number of nitrogens with zero attached hydrogens (tertiary/aromatic N) is 1. The van der Waals surface area contributed by atoms with Gasteiger partial charge >= 0.3 is 0 Å². The molecule has 0 bridgehead atoms. The largest absolute Gasteiger partial charge is 0.371 e. The van der Waals surface area contributed by atoms with Crippen LogP contribution >= 0.6 is 0 Å². The van der Waals surface area contributed by atoms with Gasteiger partial charge in [-0.15, -0.1) is 0 Å². The molecule has 18 heavy (non-hydrogen) atoms. The third kappa shape index (κ3) is 2.78. The summed E-state index contributed by atoms with van der Waals surface area (Å²) in [5.41, 5.74) is 0.0232. The molecule has 1 amide bonds. The van der Waals surface area contributed by atoms with Crippen LogP contribution in [0.2, 0.25) is 0 Å². The number of hydrogen-bond acceptors (Lipinski definition) is 2. The Morgan fingerprint density at radius 3 is 2.67 bits per heavy atom. The van der Waals surface area contributed by atoms with Crippen LogP contribution in [-0.2, 0) is 4.79 Å². The number of rotatable bonds is 3. The van der Waals surface area contributed by atoms with Crippen molar-refractivity contribution < 1.29 is 13.6 Å². The molecule has 1 aliphatic rings. The molecule has 0 spiro atoms. The molecule has 98 valence electrons. The highest BCUT2D eigenvalue weighted by Gasteiger charge is 2.23. The third-order valence-corrected chi connectivity index (χ3v) is 3.09. The van der Waals surface area contributed by atoms with E-state index in [1.807, 2.05) is 0 Å². The molecule has 0 saturated carbocycles. The monoisotopic (exact) mass is 254 g/mol. The molecule has 0 radical (unpaired) electrons. The molecule has 0 aliphatic carbocycles. The van der Waals surface area contributed by atoms with E-state index in [1.165, 1.54) is 0 Å². The first-order chi connectivity index (χ1) is 8.58. The van der Waals surface area contributed by atoms with Crippen LogP contribution in [0.25, 0.3) is 0 Å². The number of amides is 1. The number of likely N-dealkylation sites (tertiary alicyclic amines) is 1. The van der Waals surface area contributed by atoms with Crippen molar-refractivity contribution in [1.29, 1.82) is 0 Å². The second-order valence-corrected chi connectivity index (χ2v) is 4.52. The van der Waals surface area contributed by atoms with E-state index in [-0.39, 0.29) is 11.6 Å². The summed E-state index contributed by atoms with van der Waals surface area (Å²) in [4.78, 5) is 13.7. The Balaban J connectivity index is 2.03. The minimum absolute atomic E-state index is 0.0232. The molecule has 1 atom stereocenters. The fraction of sp³-hybridized carbons (Fsp3) is 0.462. The highest BCUT2D eigenvalue weighted by Crippen LogP contribution is 2.17. The minimum atomic E-state index is -0.558. The molecule has 1 N–H and O–H groups in total. The molecular weight excluding hydrogens is 238 g/mol. The number of benzene rings is 1. The van der Waals surface area contributed by atoms with Crippen molar-refractivity contribution in [2.24, 2.45) is 0 Å². The fourth-order valence-corrected chi connectivity index (χ4v) is 2.11. The summed E-state index contributed by atoms with van der Waals surface area (Å²) in [6, 6.07) is 2.60. The van der Waals surface area contributed by atoms with Crippen molar-refractivity contribution in [2.45, 2.75) is 25.8 Å². The Hall–Kier alpha value is -1.65. The zero-order valence-electron chi connectivity index (χ0n) is 10.2. The van der Waals surface area contributed by atoms with Gasteiger partial charge in [-0.05, 0) is 38.0 Å². The maximum absolute atomic E-state index is 13.4. The highest BCUT2D eigenvalue weighted by atomic mass is 19.1. The van der Waals surface area contributed by atoms with Crippen molar-refractivity contribution in [3.05, 3.63) is 29.8 Å². The zero-order valence-corrected chi connectivity index (χ0v) is 10.2. The summed E-state index contributed by atoms with van der Waals surface area (Å²) in [6.07, 6.45) is 2.01. The topological polar surface area (TPSA) is 32.3 Å². The summed E-state index contributed by atoms with van der Waals surface area (Å²) >= 11 is 0. The predicted molar refractivity (Wildman–Crippen MR) is 65.3 cm³/mol. The van der Waals surface area contributed by atoms with Gasteiger partial charge in [0.2, 0.25) is 5.91 Å². The van der Waals surface area contributed by atoms with Crippen LogP contribution in [0.1, 0.15) is 19.8 Å². The Bertz CT molecular complexity index is 445. The van der Waals surface area contributed by atoms with E-state index in [9.17, 15) is 13.6 Å². The smallest absolute Gasteiger partial charge is 0.244 e. The average Bonchev–Trinajstić information content (AvgIpc) is 2.86. The van der Waals surface area contributed by atoms with E-state index in [0.717, 1.165) is 44.1 Å². The Morgan fingerprint density at radius 1 is 1.33 bits per heavy atom. The van der Waals surface area contributed by atoms with Crippen LogP contribution in [0, 0.1) is 11.6 Å². The summed E-state index contributed by atoms with van der Waals surface area (Å²) < 4.78 is 26.4. The molecule has 1 fully saturated rings. The third-order valence-electron chi connectivity index (χ3n) is 3.09. The SMILES string of the molecule is CC(Nc1cc(F)ccc1F)C(=O)N1CCCC1. The van der Waals surface area contributed by atoms with Crippen LogP contribution < -0.4 is 5.32 Å². The molecule has 1 aromatic carbocycles. The summed E-state index contributed by atoms with van der Waals surface area (Å²) in [5.74, 6) is -1.16. The zero-order chi connectivity index (χ0) is 13.1. The van der Waals surface area contributed by atoms with Gasteiger partial charge in [0.25, 0.3) is 0 Å². The van der Waals surface area contributed by atoms with E-state index in [0.29, 0.717) is 0 Å². The van der Waals surface area contributed by atoms with Crippen LogP contribution in [0.5, 0.6) is 0 Å². The number of carbonyl (C=O) groups is 1. The molecule has 1 heterocycles. The van der Waals surface area contributed by atoms with Crippen LogP contribution in [0.4, 0.5) is 14.5 Å². The first-order valence-corrected chi connectivity index (χ1v) is 6.08. The molecule has 1 saturated heterocycles. The molecule has 1 unspecified atom stereocenters. The van der Waals surface area contributed by atoms with Crippen molar-refractivity contribution in [3.63, 3.8) is 0 Å². The van der Waals surface area contributed by atoms with E-state index < -0.39 is 17.7 Å². The van der Waals surface area contributed by atoms with Gasteiger partial charge in [0, 0.05) is 13.1 Å². The molecule has 1 aliphatic heterocycles. The Labute approximate surface area is 105 Å². The molecule has 0 aromatic heterocycles. The van der Waals surface area contributed by atoms with Crippen molar-refractivity contribution >= 4 is 11.6 Å². The predicted octanol–water partition coefficient (Wildman–Crippen LogP) is 2.39. The van der Waals surface area contributed by atoms with Gasteiger partial charge in [-0.2, -0.15) is 0 Å². The van der Waals surface area contributed by atoms with Gasteiger partial charge in [-0.3, -0.25) is 4.79 Å². The van der Waals surface area contributed by atoms with E-state index in [2.05, 4.69) is 5.32 Å². The van der Waals surface area contributed by atoms with Crippen LogP contribution in [-0.4, -0.2) is 29.9 Å². The standard InChI is InChI=1S/C13H16F2N2O/c1-9(13(18)17-6-2-3-7-17)16-12-8-10(14)4-5-11(12)15/h4-5,8-9,16H,2-3,6-7H2,1H3. The lowest BCUT2D eigenvalue weighted by molar-refractivity contribution is -0.130. The fourth-order valence-electron chi connectivity index (χ4n) is 2.11. The van der Waals surface area contributed by atoms with E-state index in [4.69, 9.17) is 0 Å². The van der Waals surface area contributed by atoms with Gasteiger partial charge in [-0.1, -0.05) is 0 Å². The summed E-state index contributed by atoms with van der Waals surface area (Å²) in [6.45, 7) is 3.15. The number of anilines is 1. The number of hydrogen-bond donors (Lipinski definition) is 1. The minimum Gasteiger partial charge on any atom is -0.371 e. The van der Waals surface area contributed by atoms with E-state index >= 15 is 0 Å². The van der Waals surface area contributed by atoms with Crippen LogP contribution in [0.15, 0.2) is 18.2 Å². The van der Waals surface area contributed by atoms with Gasteiger partial charge < -0.3 is 10.2 Å². The molecule has 2 rings (SSSR count). The first kappa shape index (κ1) is 12.8. The molecule has 5 heteroatoms. The molecular formula is C13H16F2N2O. The molecule has 3 nitrogen and oxygen atoms in total. The lowest BCUT2D eigenvalue weighted by atomic mass is 10.2. The maximum Gasteiger partial charge on any atom is 0.244 e. The second-order valence-electron chi connectivity index (χ2n) is 4.52. The Kier molecular flexibility index (Phi) is 3.79. The Morgan fingerprint density at radius 2 is 2.00 bits per heavy atom. The number of nitrogens with one attached hydrogen (secondary N) is 1. The summed E-state index contributed by atoms with van der Waals surface area (Å²) in [7, 11) is 0. The lowest BCUT2D eigenvalue weighted by Crippen LogP contribution is -2.39. The quantitative estimate of drug-likeness (QED) is 0.898. The molecule has 1 aromatic rings. The lowest BCUT2D eigenvalue weighted by Gasteiger charge is -2.22. The average molecular weight is 254 g/mol.